The molecule has 0 aliphatic carbocycles. The molecule has 3 rings (SSSR count). The lowest BCUT2D eigenvalue weighted by Gasteiger charge is -2.33. The van der Waals surface area contributed by atoms with E-state index in [4.69, 9.17) is 5.73 Å². The van der Waals surface area contributed by atoms with Crippen LogP contribution in [0.2, 0.25) is 0 Å². The summed E-state index contributed by atoms with van der Waals surface area (Å²) in [6.07, 6.45) is 8.80. The summed E-state index contributed by atoms with van der Waals surface area (Å²) in [7, 11) is 0. The summed E-state index contributed by atoms with van der Waals surface area (Å²) >= 11 is 0. The highest BCUT2D eigenvalue weighted by molar-refractivity contribution is 5.86. The first kappa shape index (κ1) is 19.5. The number of aryl methyl sites for hydroxylation is 1. The number of carbonyl (C=O) groups excluding carboxylic acids is 1. The molecule has 2 aromatic heterocycles. The number of carbonyl (C=O) groups is 1. The van der Waals surface area contributed by atoms with Crippen LogP contribution in [0.5, 0.6) is 5.75 Å². The standard InChI is InChI=1S/C22H24N4O2/c23-21(28)22(19-6-1-7-20(27)14-19,10-8-17-4-2-11-24-15-17)26-13-9-18-5-3-12-25-16-18/h1-7,11-12,14-16,26-27H,8-10,13H2,(H2,23,28). The maximum absolute atomic E-state index is 12.6. The highest BCUT2D eigenvalue weighted by Gasteiger charge is 2.38. The molecule has 0 saturated heterocycles. The van der Waals surface area contributed by atoms with E-state index < -0.39 is 11.4 Å². The van der Waals surface area contributed by atoms with Crippen molar-refractivity contribution in [2.75, 3.05) is 6.54 Å². The third kappa shape index (κ3) is 4.72. The molecule has 28 heavy (non-hydrogen) atoms. The van der Waals surface area contributed by atoms with Gasteiger partial charge in [0.15, 0.2) is 0 Å². The Balaban J connectivity index is 1.85. The van der Waals surface area contributed by atoms with Crippen molar-refractivity contribution < 1.29 is 9.90 Å². The number of nitrogens with two attached hydrogens (primary N) is 1. The molecule has 0 aliphatic heterocycles. The van der Waals surface area contributed by atoms with Crippen molar-refractivity contribution >= 4 is 5.91 Å². The van der Waals surface area contributed by atoms with Crippen LogP contribution in [0.4, 0.5) is 0 Å². The van der Waals surface area contributed by atoms with Gasteiger partial charge in [-0.3, -0.25) is 20.1 Å². The molecule has 6 nitrogen and oxygen atoms in total. The minimum Gasteiger partial charge on any atom is -0.508 e. The van der Waals surface area contributed by atoms with Gasteiger partial charge in [-0.15, -0.1) is 0 Å². The Labute approximate surface area is 164 Å². The molecule has 1 amide bonds. The number of hydrogen-bond donors (Lipinski definition) is 3. The number of pyridine rings is 2. The van der Waals surface area contributed by atoms with Gasteiger partial charge in [-0.1, -0.05) is 24.3 Å². The van der Waals surface area contributed by atoms with Gasteiger partial charge in [-0.25, -0.2) is 0 Å². The normalized spacial score (nSPS) is 13.0. The highest BCUT2D eigenvalue weighted by Crippen LogP contribution is 2.29. The van der Waals surface area contributed by atoms with E-state index in [1.165, 1.54) is 0 Å². The molecule has 0 saturated carbocycles. The van der Waals surface area contributed by atoms with E-state index in [0.717, 1.165) is 11.1 Å². The second kappa shape index (κ2) is 9.10. The first-order valence-corrected chi connectivity index (χ1v) is 9.22. The molecule has 6 heteroatoms. The highest BCUT2D eigenvalue weighted by atomic mass is 16.3. The zero-order valence-electron chi connectivity index (χ0n) is 15.6. The van der Waals surface area contributed by atoms with Crippen molar-refractivity contribution in [2.45, 2.75) is 24.8 Å². The van der Waals surface area contributed by atoms with Gasteiger partial charge in [-0.2, -0.15) is 0 Å². The number of nitrogens with one attached hydrogen (secondary N) is 1. The molecule has 3 aromatic rings. The summed E-state index contributed by atoms with van der Waals surface area (Å²) in [6.45, 7) is 0.539. The predicted molar refractivity (Wildman–Crippen MR) is 107 cm³/mol. The summed E-state index contributed by atoms with van der Waals surface area (Å²) in [4.78, 5) is 20.9. The number of nitrogens with zero attached hydrogens (tertiary/aromatic N) is 2. The van der Waals surface area contributed by atoms with Crippen LogP contribution in [-0.4, -0.2) is 27.5 Å². The lowest BCUT2D eigenvalue weighted by atomic mass is 9.83. The molecule has 1 atom stereocenters. The molecule has 0 bridgehead atoms. The summed E-state index contributed by atoms with van der Waals surface area (Å²) < 4.78 is 0. The van der Waals surface area contributed by atoms with E-state index in [-0.39, 0.29) is 5.75 Å². The number of hydrogen-bond acceptors (Lipinski definition) is 5. The number of primary amides is 1. The number of benzene rings is 1. The molecule has 1 aromatic carbocycles. The maximum Gasteiger partial charge on any atom is 0.242 e. The molecule has 4 N–H and O–H groups in total. The third-order valence-electron chi connectivity index (χ3n) is 4.83. The Morgan fingerprint density at radius 1 is 1.00 bits per heavy atom. The summed E-state index contributed by atoms with van der Waals surface area (Å²) in [5, 5.41) is 13.3. The quantitative estimate of drug-likeness (QED) is 0.532. The first-order chi connectivity index (χ1) is 13.6. The number of aromatic nitrogens is 2. The van der Waals surface area contributed by atoms with Crippen LogP contribution in [-0.2, 0) is 23.2 Å². The number of phenolic OH excluding ortho intramolecular Hbond substituents is 1. The summed E-state index contributed by atoms with van der Waals surface area (Å²) in [6, 6.07) is 14.4. The largest absolute Gasteiger partial charge is 0.508 e. The molecule has 0 radical (unpaired) electrons. The van der Waals surface area contributed by atoms with Gasteiger partial charge in [0.2, 0.25) is 5.91 Å². The molecule has 0 fully saturated rings. The van der Waals surface area contributed by atoms with E-state index in [9.17, 15) is 9.90 Å². The fourth-order valence-corrected chi connectivity index (χ4v) is 3.30. The van der Waals surface area contributed by atoms with Crippen molar-refractivity contribution in [3.8, 4) is 5.75 Å². The van der Waals surface area contributed by atoms with E-state index in [1.807, 2.05) is 30.3 Å². The number of phenols is 1. The van der Waals surface area contributed by atoms with Gasteiger partial charge in [0.1, 0.15) is 11.3 Å². The van der Waals surface area contributed by atoms with Crippen molar-refractivity contribution in [2.24, 2.45) is 5.73 Å². The SMILES string of the molecule is NC(=O)C(CCc1cccnc1)(NCCc1cccnc1)c1cccc(O)c1. The third-order valence-corrected chi connectivity index (χ3v) is 4.83. The zero-order valence-corrected chi connectivity index (χ0v) is 15.6. The molecule has 0 spiro atoms. The second-order valence-electron chi connectivity index (χ2n) is 6.72. The summed E-state index contributed by atoms with van der Waals surface area (Å²) in [5.74, 6) is -0.383. The van der Waals surface area contributed by atoms with Gasteiger partial charge in [0.25, 0.3) is 0 Å². The van der Waals surface area contributed by atoms with E-state index in [0.29, 0.717) is 31.4 Å². The van der Waals surface area contributed by atoms with Crippen LogP contribution in [0.15, 0.2) is 73.3 Å². The van der Waals surface area contributed by atoms with Gasteiger partial charge in [-0.05, 0) is 60.2 Å². The van der Waals surface area contributed by atoms with Gasteiger partial charge < -0.3 is 10.8 Å². The van der Waals surface area contributed by atoms with E-state index in [1.54, 1.807) is 43.0 Å². The molecule has 1 unspecified atom stereocenters. The maximum atomic E-state index is 12.6. The number of aromatic hydroxyl groups is 1. The van der Waals surface area contributed by atoms with E-state index in [2.05, 4.69) is 15.3 Å². The average molecular weight is 376 g/mol. The van der Waals surface area contributed by atoms with Gasteiger partial charge >= 0.3 is 0 Å². The Bertz CT molecular complexity index is 903. The number of rotatable bonds is 9. The topological polar surface area (TPSA) is 101 Å². The van der Waals surface area contributed by atoms with Crippen molar-refractivity contribution in [3.05, 3.63) is 90.0 Å². The van der Waals surface area contributed by atoms with Crippen LogP contribution in [0.3, 0.4) is 0 Å². The van der Waals surface area contributed by atoms with Crippen LogP contribution in [0.25, 0.3) is 0 Å². The minimum atomic E-state index is -1.10. The molecule has 2 heterocycles. The number of amides is 1. The van der Waals surface area contributed by atoms with Gasteiger partial charge in [0.05, 0.1) is 0 Å². The van der Waals surface area contributed by atoms with Crippen LogP contribution in [0.1, 0.15) is 23.1 Å². The molecule has 144 valence electrons. The predicted octanol–water partition coefficient (Wildman–Crippen LogP) is 2.33. The van der Waals surface area contributed by atoms with Gasteiger partial charge in [0, 0.05) is 31.3 Å². The fourth-order valence-electron chi connectivity index (χ4n) is 3.30. The van der Waals surface area contributed by atoms with Crippen molar-refractivity contribution in [3.63, 3.8) is 0 Å². The minimum absolute atomic E-state index is 0.0959. The van der Waals surface area contributed by atoms with Crippen molar-refractivity contribution in [1.29, 1.82) is 0 Å². The molecule has 0 aliphatic rings. The Morgan fingerprint density at radius 2 is 1.68 bits per heavy atom. The van der Waals surface area contributed by atoms with Crippen molar-refractivity contribution in [1.82, 2.24) is 15.3 Å². The van der Waals surface area contributed by atoms with Crippen LogP contribution in [0, 0.1) is 0 Å². The molecular formula is C22H24N4O2. The monoisotopic (exact) mass is 376 g/mol. The lowest BCUT2D eigenvalue weighted by Crippen LogP contribution is -2.53. The van der Waals surface area contributed by atoms with E-state index >= 15 is 0 Å². The summed E-state index contributed by atoms with van der Waals surface area (Å²) in [5.41, 5.74) is 7.52. The Morgan fingerprint density at radius 3 is 2.25 bits per heavy atom. The van der Waals surface area contributed by atoms with Crippen LogP contribution < -0.4 is 11.1 Å². The van der Waals surface area contributed by atoms with Crippen LogP contribution >= 0.6 is 0 Å². The fraction of sp³-hybridized carbons (Fsp3) is 0.227. The first-order valence-electron chi connectivity index (χ1n) is 9.22. The smallest absolute Gasteiger partial charge is 0.242 e. The Hall–Kier alpha value is -3.25. The second-order valence-corrected chi connectivity index (χ2v) is 6.72. The zero-order chi connectivity index (χ0) is 19.8. The lowest BCUT2D eigenvalue weighted by molar-refractivity contribution is -0.125. The molecular weight excluding hydrogens is 352 g/mol. The average Bonchev–Trinajstić information content (AvgIpc) is 2.72. The Kier molecular flexibility index (Phi) is 6.34.